The standard InChI is InChI=1S/C15H18N2O/c1-10(2)12-6-4-5-11-9-13-15(18)16(3)7-8-17(13)14(11)12/h4-6,9-10H,7-8H2,1-3H3. The molecule has 0 aliphatic carbocycles. The van der Waals surface area contributed by atoms with Crippen molar-refractivity contribution in [2.75, 3.05) is 13.6 Å². The molecule has 1 amide bonds. The van der Waals surface area contributed by atoms with Gasteiger partial charge in [-0.25, -0.2) is 0 Å². The van der Waals surface area contributed by atoms with E-state index in [0.29, 0.717) is 5.92 Å². The largest absolute Gasteiger partial charge is 0.339 e. The van der Waals surface area contributed by atoms with Gasteiger partial charge in [0.15, 0.2) is 0 Å². The van der Waals surface area contributed by atoms with Gasteiger partial charge in [0.2, 0.25) is 0 Å². The molecule has 0 saturated carbocycles. The van der Waals surface area contributed by atoms with Crippen molar-refractivity contribution in [3.63, 3.8) is 0 Å². The number of rotatable bonds is 1. The summed E-state index contributed by atoms with van der Waals surface area (Å²) in [5, 5.41) is 1.18. The van der Waals surface area contributed by atoms with Crippen LogP contribution in [0, 0.1) is 0 Å². The average Bonchev–Trinajstić information content (AvgIpc) is 2.73. The molecule has 0 atom stereocenters. The van der Waals surface area contributed by atoms with Gasteiger partial charge in [-0.2, -0.15) is 0 Å². The number of hydrogen-bond acceptors (Lipinski definition) is 1. The molecule has 0 radical (unpaired) electrons. The van der Waals surface area contributed by atoms with Gasteiger partial charge in [0, 0.05) is 25.5 Å². The van der Waals surface area contributed by atoms with E-state index < -0.39 is 0 Å². The van der Waals surface area contributed by atoms with Gasteiger partial charge < -0.3 is 9.47 Å². The Bertz CT molecular complexity index is 625. The van der Waals surface area contributed by atoms with Gasteiger partial charge in [0.1, 0.15) is 5.69 Å². The molecule has 1 aromatic heterocycles. The third-order valence-corrected chi connectivity index (χ3v) is 3.80. The van der Waals surface area contributed by atoms with Crippen molar-refractivity contribution in [3.05, 3.63) is 35.5 Å². The minimum absolute atomic E-state index is 0.132. The van der Waals surface area contributed by atoms with E-state index in [4.69, 9.17) is 0 Å². The van der Waals surface area contributed by atoms with Crippen LogP contribution in [0.15, 0.2) is 24.3 Å². The van der Waals surface area contributed by atoms with Gasteiger partial charge in [-0.3, -0.25) is 4.79 Å². The fourth-order valence-electron chi connectivity index (χ4n) is 2.78. The van der Waals surface area contributed by atoms with Crippen molar-refractivity contribution < 1.29 is 4.79 Å². The lowest BCUT2D eigenvalue weighted by Crippen LogP contribution is -2.36. The average molecular weight is 242 g/mol. The highest BCUT2D eigenvalue weighted by Gasteiger charge is 2.24. The highest BCUT2D eigenvalue weighted by atomic mass is 16.2. The number of amides is 1. The Labute approximate surface area is 107 Å². The van der Waals surface area contributed by atoms with Gasteiger partial charge in [-0.05, 0) is 17.5 Å². The minimum Gasteiger partial charge on any atom is -0.339 e. The number of carbonyl (C=O) groups is 1. The van der Waals surface area contributed by atoms with Crippen LogP contribution < -0.4 is 0 Å². The predicted octanol–water partition coefficient (Wildman–Crippen LogP) is 2.85. The Morgan fingerprint density at radius 2 is 2.00 bits per heavy atom. The second-order valence-electron chi connectivity index (χ2n) is 5.35. The molecule has 1 aromatic carbocycles. The Kier molecular flexibility index (Phi) is 2.44. The summed E-state index contributed by atoms with van der Waals surface area (Å²) in [5.41, 5.74) is 3.40. The fraction of sp³-hybridized carbons (Fsp3) is 0.400. The summed E-state index contributed by atoms with van der Waals surface area (Å²) >= 11 is 0. The topological polar surface area (TPSA) is 25.2 Å². The maximum atomic E-state index is 12.2. The van der Waals surface area contributed by atoms with Crippen molar-refractivity contribution in [2.24, 2.45) is 0 Å². The van der Waals surface area contributed by atoms with Gasteiger partial charge in [0.25, 0.3) is 5.91 Å². The van der Waals surface area contributed by atoms with Crippen LogP contribution in [-0.2, 0) is 6.54 Å². The van der Waals surface area contributed by atoms with Gasteiger partial charge in [-0.15, -0.1) is 0 Å². The number of nitrogens with zero attached hydrogens (tertiary/aromatic N) is 2. The van der Waals surface area contributed by atoms with E-state index in [-0.39, 0.29) is 5.91 Å². The summed E-state index contributed by atoms with van der Waals surface area (Å²) in [5.74, 6) is 0.606. The molecule has 18 heavy (non-hydrogen) atoms. The number of carbonyl (C=O) groups excluding carboxylic acids is 1. The van der Waals surface area contributed by atoms with Crippen LogP contribution in [0.3, 0.4) is 0 Å². The Balaban J connectivity index is 2.32. The van der Waals surface area contributed by atoms with E-state index in [1.165, 1.54) is 16.5 Å². The lowest BCUT2D eigenvalue weighted by atomic mass is 10.0. The maximum Gasteiger partial charge on any atom is 0.270 e. The quantitative estimate of drug-likeness (QED) is 0.755. The van der Waals surface area contributed by atoms with Crippen molar-refractivity contribution >= 4 is 16.8 Å². The fourth-order valence-corrected chi connectivity index (χ4v) is 2.78. The summed E-state index contributed by atoms with van der Waals surface area (Å²) in [6.45, 7) is 6.09. The van der Waals surface area contributed by atoms with Crippen LogP contribution in [0.1, 0.15) is 35.8 Å². The zero-order valence-electron chi connectivity index (χ0n) is 11.1. The van der Waals surface area contributed by atoms with E-state index in [2.05, 4.69) is 36.6 Å². The summed E-state index contributed by atoms with van der Waals surface area (Å²) in [7, 11) is 1.87. The van der Waals surface area contributed by atoms with Crippen LogP contribution in [0.4, 0.5) is 0 Å². The third-order valence-electron chi connectivity index (χ3n) is 3.80. The summed E-state index contributed by atoms with van der Waals surface area (Å²) in [4.78, 5) is 14.0. The van der Waals surface area contributed by atoms with Crippen LogP contribution in [-0.4, -0.2) is 29.0 Å². The first kappa shape index (κ1) is 11.3. The number of aromatic nitrogens is 1. The maximum absolute atomic E-state index is 12.2. The molecule has 0 unspecified atom stereocenters. The van der Waals surface area contributed by atoms with Crippen LogP contribution >= 0.6 is 0 Å². The first-order chi connectivity index (χ1) is 8.59. The molecule has 0 saturated heterocycles. The molecule has 3 nitrogen and oxygen atoms in total. The SMILES string of the molecule is CC(C)c1cccc2cc3n(c12)CCN(C)C3=O. The van der Waals surface area contributed by atoms with Crippen molar-refractivity contribution in [2.45, 2.75) is 26.3 Å². The Hall–Kier alpha value is -1.77. The lowest BCUT2D eigenvalue weighted by molar-refractivity contribution is 0.0751. The van der Waals surface area contributed by atoms with E-state index in [9.17, 15) is 4.79 Å². The molecular weight excluding hydrogens is 224 g/mol. The molecule has 0 bridgehead atoms. The molecule has 2 heterocycles. The normalized spacial score (nSPS) is 15.6. The second-order valence-corrected chi connectivity index (χ2v) is 5.35. The van der Waals surface area contributed by atoms with Crippen LogP contribution in [0.25, 0.3) is 10.9 Å². The smallest absolute Gasteiger partial charge is 0.270 e. The first-order valence-corrected chi connectivity index (χ1v) is 6.47. The highest BCUT2D eigenvalue weighted by Crippen LogP contribution is 2.30. The number of fused-ring (bicyclic) bond motifs is 3. The summed E-state index contributed by atoms with van der Waals surface area (Å²) in [6, 6.07) is 8.37. The van der Waals surface area contributed by atoms with Crippen molar-refractivity contribution in [3.8, 4) is 0 Å². The molecule has 94 valence electrons. The molecule has 0 fully saturated rings. The van der Waals surface area contributed by atoms with E-state index in [1.807, 2.05) is 13.1 Å². The zero-order chi connectivity index (χ0) is 12.9. The van der Waals surface area contributed by atoms with Gasteiger partial charge in [0.05, 0.1) is 5.52 Å². The van der Waals surface area contributed by atoms with Gasteiger partial charge in [-0.1, -0.05) is 32.0 Å². The third kappa shape index (κ3) is 1.47. The number of benzene rings is 1. The number of likely N-dealkylation sites (N-methyl/N-ethyl adjacent to an activating group) is 1. The first-order valence-electron chi connectivity index (χ1n) is 6.47. The van der Waals surface area contributed by atoms with Crippen LogP contribution in [0.5, 0.6) is 0 Å². The van der Waals surface area contributed by atoms with E-state index >= 15 is 0 Å². The predicted molar refractivity (Wildman–Crippen MR) is 73.0 cm³/mol. The lowest BCUT2D eigenvalue weighted by Gasteiger charge is -2.25. The molecule has 1 aliphatic rings. The summed E-state index contributed by atoms with van der Waals surface area (Å²) in [6.07, 6.45) is 0. The van der Waals surface area contributed by atoms with Crippen molar-refractivity contribution in [1.29, 1.82) is 0 Å². The summed E-state index contributed by atoms with van der Waals surface area (Å²) < 4.78 is 2.19. The van der Waals surface area contributed by atoms with E-state index in [0.717, 1.165) is 18.8 Å². The van der Waals surface area contributed by atoms with Crippen molar-refractivity contribution in [1.82, 2.24) is 9.47 Å². The monoisotopic (exact) mass is 242 g/mol. The molecule has 2 aromatic rings. The number of para-hydroxylation sites is 1. The molecule has 0 N–H and O–H groups in total. The molecule has 1 aliphatic heterocycles. The Morgan fingerprint density at radius 3 is 2.72 bits per heavy atom. The zero-order valence-corrected chi connectivity index (χ0v) is 11.1. The van der Waals surface area contributed by atoms with Crippen LogP contribution in [0.2, 0.25) is 0 Å². The molecule has 3 heteroatoms. The Morgan fingerprint density at radius 1 is 1.22 bits per heavy atom. The molecular formula is C15H18N2O. The van der Waals surface area contributed by atoms with E-state index in [1.54, 1.807) is 4.90 Å². The number of hydrogen-bond donors (Lipinski definition) is 0. The molecule has 0 spiro atoms. The second kappa shape index (κ2) is 3.87. The minimum atomic E-state index is 0.132. The molecule has 3 rings (SSSR count). The van der Waals surface area contributed by atoms with Gasteiger partial charge >= 0.3 is 0 Å². The highest BCUT2D eigenvalue weighted by molar-refractivity contribution is 6.00.